The van der Waals surface area contributed by atoms with E-state index in [0.29, 0.717) is 17.1 Å². The van der Waals surface area contributed by atoms with Gasteiger partial charge in [-0.3, -0.25) is 4.79 Å². The third kappa shape index (κ3) is 2.27. The molecule has 4 fully saturated rings. The molecule has 4 aliphatic rings. The van der Waals surface area contributed by atoms with Gasteiger partial charge in [0.1, 0.15) is 5.78 Å². The molecule has 2 nitrogen and oxygen atoms in total. The summed E-state index contributed by atoms with van der Waals surface area (Å²) in [6, 6.07) is 0. The fourth-order valence-corrected chi connectivity index (χ4v) is 7.86. The van der Waals surface area contributed by atoms with Crippen molar-refractivity contribution in [1.82, 2.24) is 0 Å². The van der Waals surface area contributed by atoms with E-state index in [-0.39, 0.29) is 11.5 Å². The number of hydrogen-bond acceptors (Lipinski definition) is 2. The van der Waals surface area contributed by atoms with Crippen LogP contribution in [-0.2, 0) is 4.79 Å². The molecule has 4 aliphatic carbocycles. The highest BCUT2D eigenvalue weighted by Crippen LogP contribution is 2.67. The second-order valence-corrected chi connectivity index (χ2v) is 10.2. The van der Waals surface area contributed by atoms with Crippen molar-refractivity contribution in [2.24, 2.45) is 40.4 Å². The first-order chi connectivity index (χ1) is 11.4. The largest absolute Gasteiger partial charge is 0.393 e. The van der Waals surface area contributed by atoms with Crippen molar-refractivity contribution in [2.45, 2.75) is 91.1 Å². The number of Topliss-reactive ketones (excluding diaryl/α,β-unsaturated/α-hetero) is 1. The van der Waals surface area contributed by atoms with Crippen LogP contribution < -0.4 is 0 Å². The van der Waals surface area contributed by atoms with E-state index in [1.807, 2.05) is 0 Å². The molecule has 0 amide bonds. The molecule has 1 N–H and O–H groups in total. The number of ketones is 1. The Bertz CT molecular complexity index is 514. The third-order valence-corrected chi connectivity index (χ3v) is 9.27. The van der Waals surface area contributed by atoms with Gasteiger partial charge in [-0.2, -0.15) is 0 Å². The molecule has 2 heteroatoms. The van der Waals surface area contributed by atoms with Crippen LogP contribution >= 0.6 is 0 Å². The lowest BCUT2D eigenvalue weighted by Gasteiger charge is -2.62. The van der Waals surface area contributed by atoms with Crippen molar-refractivity contribution < 1.29 is 9.90 Å². The number of fused-ring (bicyclic) bond motifs is 5. The van der Waals surface area contributed by atoms with Crippen LogP contribution in [0.5, 0.6) is 0 Å². The highest BCUT2D eigenvalue weighted by Gasteiger charge is 2.62. The minimum Gasteiger partial charge on any atom is -0.393 e. The molecule has 4 rings (SSSR count). The van der Waals surface area contributed by atoms with Crippen LogP contribution in [0.3, 0.4) is 0 Å². The smallest absolute Gasteiger partial charge is 0.133 e. The fourth-order valence-electron chi connectivity index (χ4n) is 7.86. The zero-order valence-corrected chi connectivity index (χ0v) is 15.9. The Balaban J connectivity index is 1.70. The zero-order valence-electron chi connectivity index (χ0n) is 15.9. The predicted octanol–water partition coefficient (Wildman–Crippen LogP) is 4.99. The van der Waals surface area contributed by atoms with Gasteiger partial charge in [0.25, 0.3) is 0 Å². The molecule has 4 saturated carbocycles. The van der Waals surface area contributed by atoms with Gasteiger partial charge in [0, 0.05) is 12.8 Å². The highest BCUT2D eigenvalue weighted by atomic mass is 16.3. The minimum atomic E-state index is -0.0795. The van der Waals surface area contributed by atoms with Crippen LogP contribution in [0.2, 0.25) is 0 Å². The molecule has 8 atom stereocenters. The predicted molar refractivity (Wildman–Crippen MR) is 96.5 cm³/mol. The van der Waals surface area contributed by atoms with E-state index in [2.05, 4.69) is 20.8 Å². The van der Waals surface area contributed by atoms with Crippen LogP contribution in [0.25, 0.3) is 0 Å². The molecule has 0 aromatic carbocycles. The minimum absolute atomic E-state index is 0.0795. The maximum absolute atomic E-state index is 12.1. The van der Waals surface area contributed by atoms with Crippen LogP contribution in [-0.4, -0.2) is 17.0 Å². The fraction of sp³-hybridized carbons (Fsp3) is 0.955. The van der Waals surface area contributed by atoms with Crippen LogP contribution in [0.1, 0.15) is 85.0 Å². The molecule has 0 bridgehead atoms. The Kier molecular flexibility index (Phi) is 4.14. The molecule has 0 spiro atoms. The number of carbonyl (C=O) groups is 1. The Morgan fingerprint density at radius 3 is 2.58 bits per heavy atom. The van der Waals surface area contributed by atoms with Gasteiger partial charge in [-0.15, -0.1) is 0 Å². The quantitative estimate of drug-likeness (QED) is 0.774. The average Bonchev–Trinajstić information content (AvgIpc) is 2.85. The SMILES string of the molecule is CCC[C@@H]1C[C@H]2CC(=O)CC[C@]2(C)[C@H]2CC[C@]3(C)[C@@H](O)CC[C@H]3[C@H]12. The van der Waals surface area contributed by atoms with Crippen LogP contribution in [0.4, 0.5) is 0 Å². The van der Waals surface area contributed by atoms with Gasteiger partial charge >= 0.3 is 0 Å². The van der Waals surface area contributed by atoms with Gasteiger partial charge in [-0.25, -0.2) is 0 Å². The summed E-state index contributed by atoms with van der Waals surface area (Å²) in [4.78, 5) is 12.1. The van der Waals surface area contributed by atoms with E-state index in [9.17, 15) is 9.90 Å². The second-order valence-electron chi connectivity index (χ2n) is 10.2. The van der Waals surface area contributed by atoms with E-state index in [0.717, 1.165) is 49.4 Å². The Morgan fingerprint density at radius 2 is 1.83 bits per heavy atom. The van der Waals surface area contributed by atoms with Gasteiger partial charge in [-0.1, -0.05) is 33.6 Å². The van der Waals surface area contributed by atoms with E-state index in [1.165, 1.54) is 38.5 Å². The van der Waals surface area contributed by atoms with Gasteiger partial charge < -0.3 is 5.11 Å². The summed E-state index contributed by atoms with van der Waals surface area (Å²) in [7, 11) is 0. The van der Waals surface area contributed by atoms with Gasteiger partial charge in [0.15, 0.2) is 0 Å². The zero-order chi connectivity index (χ0) is 17.1. The number of aliphatic hydroxyl groups excluding tert-OH is 1. The van der Waals surface area contributed by atoms with Crippen molar-refractivity contribution in [3.63, 3.8) is 0 Å². The van der Waals surface area contributed by atoms with Crippen molar-refractivity contribution >= 4 is 5.78 Å². The summed E-state index contributed by atoms with van der Waals surface area (Å²) in [6.45, 7) is 7.23. The standard InChI is InChI=1S/C22H36O2/c1-4-5-14-12-15-13-16(23)8-10-21(15,2)18-9-11-22(3)17(20(14)18)6-7-19(22)24/h14-15,17-20,24H,4-13H2,1-3H3/t14-,15+,17+,18+,19+,20+,21+,22+/m1/s1. The number of aliphatic hydroxyl groups is 1. The molecule has 0 saturated heterocycles. The molecule has 0 aliphatic heterocycles. The van der Waals surface area contributed by atoms with Crippen molar-refractivity contribution in [3.8, 4) is 0 Å². The molecule has 24 heavy (non-hydrogen) atoms. The van der Waals surface area contributed by atoms with E-state index in [1.54, 1.807) is 0 Å². The highest BCUT2D eigenvalue weighted by molar-refractivity contribution is 5.79. The number of hydrogen-bond donors (Lipinski definition) is 1. The summed E-state index contributed by atoms with van der Waals surface area (Å²) < 4.78 is 0. The van der Waals surface area contributed by atoms with Crippen LogP contribution in [0.15, 0.2) is 0 Å². The van der Waals surface area contributed by atoms with E-state index in [4.69, 9.17) is 0 Å². The maximum Gasteiger partial charge on any atom is 0.133 e. The summed E-state index contributed by atoms with van der Waals surface area (Å²) in [5.41, 5.74) is 0.554. The first-order valence-electron chi connectivity index (χ1n) is 10.6. The lowest BCUT2D eigenvalue weighted by atomic mass is 9.42. The average molecular weight is 333 g/mol. The van der Waals surface area contributed by atoms with E-state index < -0.39 is 0 Å². The summed E-state index contributed by atoms with van der Waals surface area (Å²) in [5, 5.41) is 10.7. The second kappa shape index (κ2) is 5.83. The maximum atomic E-state index is 12.1. The topological polar surface area (TPSA) is 37.3 Å². The van der Waals surface area contributed by atoms with Gasteiger partial charge in [0.2, 0.25) is 0 Å². The lowest BCUT2D eigenvalue weighted by molar-refractivity contribution is -0.156. The molecule has 0 unspecified atom stereocenters. The van der Waals surface area contributed by atoms with Crippen molar-refractivity contribution in [3.05, 3.63) is 0 Å². The lowest BCUT2D eigenvalue weighted by Crippen LogP contribution is -2.57. The number of rotatable bonds is 2. The monoisotopic (exact) mass is 332 g/mol. The van der Waals surface area contributed by atoms with Crippen LogP contribution in [0, 0.1) is 40.4 Å². The molecule has 0 heterocycles. The van der Waals surface area contributed by atoms with Gasteiger partial charge in [-0.05, 0) is 78.9 Å². The summed E-state index contributed by atoms with van der Waals surface area (Å²) in [6.07, 6.45) is 11.3. The summed E-state index contributed by atoms with van der Waals surface area (Å²) in [5.74, 6) is 4.26. The molecule has 0 aromatic heterocycles. The molecular formula is C22H36O2. The Labute approximate surface area is 147 Å². The normalized spacial score (nSPS) is 54.1. The van der Waals surface area contributed by atoms with Crippen molar-refractivity contribution in [2.75, 3.05) is 0 Å². The Hall–Kier alpha value is -0.370. The Morgan fingerprint density at radius 1 is 1.08 bits per heavy atom. The van der Waals surface area contributed by atoms with E-state index >= 15 is 0 Å². The third-order valence-electron chi connectivity index (χ3n) is 9.27. The molecule has 0 aromatic rings. The molecular weight excluding hydrogens is 296 g/mol. The van der Waals surface area contributed by atoms with Crippen molar-refractivity contribution in [1.29, 1.82) is 0 Å². The molecule has 136 valence electrons. The number of carbonyl (C=O) groups excluding carboxylic acids is 1. The first kappa shape index (κ1) is 17.1. The summed E-state index contributed by atoms with van der Waals surface area (Å²) >= 11 is 0. The first-order valence-corrected chi connectivity index (χ1v) is 10.6. The van der Waals surface area contributed by atoms with Gasteiger partial charge in [0.05, 0.1) is 6.10 Å². The molecule has 0 radical (unpaired) electrons.